The molecule has 0 saturated heterocycles. The first-order chi connectivity index (χ1) is 8.54. The number of hydrogen-bond donors (Lipinski definition) is 1. The number of methoxy groups -OCH3 is 1. The Bertz CT molecular complexity index is 410. The van der Waals surface area contributed by atoms with E-state index in [0.29, 0.717) is 6.54 Å². The molecule has 0 aliphatic carbocycles. The fraction of sp³-hybridized carbons (Fsp3) is 0.462. The summed E-state index contributed by atoms with van der Waals surface area (Å²) >= 11 is 5.79. The van der Waals surface area contributed by atoms with Gasteiger partial charge in [0.2, 0.25) is 0 Å². The maximum absolute atomic E-state index is 13.4. The van der Waals surface area contributed by atoms with Crippen molar-refractivity contribution in [2.75, 3.05) is 13.7 Å². The van der Waals surface area contributed by atoms with Crippen LogP contribution in [0.2, 0.25) is 0 Å². The molecule has 5 heteroatoms. The summed E-state index contributed by atoms with van der Waals surface area (Å²) in [5.74, 6) is -0.708. The number of alkyl halides is 1. The highest BCUT2D eigenvalue weighted by molar-refractivity contribution is 6.20. The van der Waals surface area contributed by atoms with Crippen molar-refractivity contribution in [1.29, 1.82) is 0 Å². The number of halogens is 2. The van der Waals surface area contributed by atoms with Crippen LogP contribution < -0.4 is 10.1 Å². The Morgan fingerprint density at radius 1 is 1.56 bits per heavy atom. The molecule has 1 atom stereocenters. The lowest BCUT2D eigenvalue weighted by atomic mass is 10.2. The number of carbonyl (C=O) groups excluding carboxylic acids is 1. The van der Waals surface area contributed by atoms with Crippen LogP contribution in [-0.4, -0.2) is 24.9 Å². The molecule has 1 aromatic carbocycles. The van der Waals surface area contributed by atoms with E-state index in [9.17, 15) is 9.18 Å². The normalized spacial score (nSPS) is 12.0. The van der Waals surface area contributed by atoms with Crippen molar-refractivity contribution < 1.29 is 13.9 Å². The number of carbonyl (C=O) groups is 1. The third-order valence-electron chi connectivity index (χ3n) is 2.48. The van der Waals surface area contributed by atoms with Gasteiger partial charge in [-0.1, -0.05) is 0 Å². The van der Waals surface area contributed by atoms with Crippen molar-refractivity contribution in [1.82, 2.24) is 5.32 Å². The van der Waals surface area contributed by atoms with Crippen molar-refractivity contribution in [3.8, 4) is 5.75 Å². The zero-order valence-electron chi connectivity index (χ0n) is 10.5. The van der Waals surface area contributed by atoms with Crippen molar-refractivity contribution in [3.63, 3.8) is 0 Å². The van der Waals surface area contributed by atoms with E-state index in [1.54, 1.807) is 0 Å². The van der Waals surface area contributed by atoms with E-state index in [-0.39, 0.29) is 22.6 Å². The number of benzene rings is 1. The smallest absolute Gasteiger partial charge is 0.251 e. The van der Waals surface area contributed by atoms with E-state index < -0.39 is 5.82 Å². The molecule has 0 saturated carbocycles. The SMILES string of the molecule is COc1ccc(C(=O)NCCCC(C)Cl)cc1F. The van der Waals surface area contributed by atoms with Crippen LogP contribution in [0.15, 0.2) is 18.2 Å². The summed E-state index contributed by atoms with van der Waals surface area (Å²) in [6.07, 6.45) is 1.63. The van der Waals surface area contributed by atoms with Gasteiger partial charge in [0, 0.05) is 17.5 Å². The Labute approximate surface area is 111 Å². The molecule has 3 nitrogen and oxygen atoms in total. The number of amides is 1. The van der Waals surface area contributed by atoms with E-state index in [0.717, 1.165) is 12.8 Å². The molecule has 0 fully saturated rings. The second kappa shape index (κ2) is 7.21. The quantitative estimate of drug-likeness (QED) is 0.639. The maximum Gasteiger partial charge on any atom is 0.251 e. The molecule has 1 rings (SSSR count). The molecule has 0 bridgehead atoms. The first-order valence-electron chi connectivity index (χ1n) is 5.80. The van der Waals surface area contributed by atoms with Crippen LogP contribution in [0.4, 0.5) is 4.39 Å². The van der Waals surface area contributed by atoms with Gasteiger partial charge in [-0.3, -0.25) is 4.79 Å². The van der Waals surface area contributed by atoms with E-state index in [1.165, 1.54) is 25.3 Å². The third-order valence-corrected chi connectivity index (χ3v) is 2.70. The summed E-state index contributed by atoms with van der Waals surface area (Å²) in [5, 5.41) is 2.81. The molecule has 0 spiro atoms. The molecule has 0 aromatic heterocycles. The van der Waals surface area contributed by atoms with Crippen LogP contribution in [0.25, 0.3) is 0 Å². The van der Waals surface area contributed by atoms with E-state index >= 15 is 0 Å². The summed E-state index contributed by atoms with van der Waals surface area (Å²) in [6, 6.07) is 4.13. The largest absolute Gasteiger partial charge is 0.494 e. The zero-order chi connectivity index (χ0) is 13.5. The third kappa shape index (κ3) is 4.53. The van der Waals surface area contributed by atoms with Crippen LogP contribution in [-0.2, 0) is 0 Å². The van der Waals surface area contributed by atoms with Crippen LogP contribution in [0.5, 0.6) is 5.75 Å². The Morgan fingerprint density at radius 2 is 2.28 bits per heavy atom. The van der Waals surface area contributed by atoms with Crippen molar-refractivity contribution in [3.05, 3.63) is 29.6 Å². The molecular weight excluding hydrogens is 257 g/mol. The second-order valence-corrected chi connectivity index (χ2v) is 4.77. The minimum atomic E-state index is -0.542. The first-order valence-corrected chi connectivity index (χ1v) is 6.24. The molecular formula is C13H17ClFNO2. The van der Waals surface area contributed by atoms with Gasteiger partial charge in [0.25, 0.3) is 5.91 Å². The highest BCUT2D eigenvalue weighted by Crippen LogP contribution is 2.17. The van der Waals surface area contributed by atoms with Gasteiger partial charge < -0.3 is 10.1 Å². The van der Waals surface area contributed by atoms with Crippen LogP contribution in [0.1, 0.15) is 30.1 Å². The van der Waals surface area contributed by atoms with Gasteiger partial charge in [0.15, 0.2) is 11.6 Å². The van der Waals surface area contributed by atoms with Gasteiger partial charge in [-0.25, -0.2) is 4.39 Å². The number of nitrogens with one attached hydrogen (secondary N) is 1. The summed E-state index contributed by atoms with van der Waals surface area (Å²) < 4.78 is 18.2. The minimum Gasteiger partial charge on any atom is -0.494 e. The van der Waals surface area contributed by atoms with E-state index in [2.05, 4.69) is 5.32 Å². The molecule has 1 aromatic rings. The molecule has 1 N–H and O–H groups in total. The van der Waals surface area contributed by atoms with Gasteiger partial charge in [0.05, 0.1) is 7.11 Å². The monoisotopic (exact) mass is 273 g/mol. The van der Waals surface area contributed by atoms with Crippen LogP contribution in [0, 0.1) is 5.82 Å². The molecule has 18 heavy (non-hydrogen) atoms. The minimum absolute atomic E-state index is 0.0975. The van der Waals surface area contributed by atoms with Crippen LogP contribution >= 0.6 is 11.6 Å². The van der Waals surface area contributed by atoms with Gasteiger partial charge in [0.1, 0.15) is 0 Å². The Hall–Kier alpha value is -1.29. The van der Waals surface area contributed by atoms with Crippen molar-refractivity contribution in [2.24, 2.45) is 0 Å². The standard InChI is InChI=1S/C13H17ClFNO2/c1-9(14)4-3-7-16-13(17)10-5-6-12(18-2)11(15)8-10/h5-6,8-9H,3-4,7H2,1-2H3,(H,16,17). The lowest BCUT2D eigenvalue weighted by Crippen LogP contribution is -2.24. The summed E-state index contributed by atoms with van der Waals surface area (Å²) in [4.78, 5) is 11.7. The van der Waals surface area contributed by atoms with Gasteiger partial charge >= 0.3 is 0 Å². The lowest BCUT2D eigenvalue weighted by Gasteiger charge is -2.07. The fourth-order valence-corrected chi connectivity index (χ4v) is 1.65. The average molecular weight is 274 g/mol. The number of rotatable bonds is 6. The Kier molecular flexibility index (Phi) is 5.92. The van der Waals surface area contributed by atoms with Crippen molar-refractivity contribution >= 4 is 17.5 Å². The highest BCUT2D eigenvalue weighted by Gasteiger charge is 2.09. The molecule has 0 aliphatic rings. The number of hydrogen-bond acceptors (Lipinski definition) is 2. The maximum atomic E-state index is 13.4. The molecule has 0 radical (unpaired) electrons. The molecule has 100 valence electrons. The average Bonchev–Trinajstić information content (AvgIpc) is 2.34. The van der Waals surface area contributed by atoms with Crippen LogP contribution in [0.3, 0.4) is 0 Å². The molecule has 1 amide bonds. The predicted octanol–water partition coefficient (Wildman–Crippen LogP) is 2.97. The topological polar surface area (TPSA) is 38.3 Å². The van der Waals surface area contributed by atoms with Gasteiger partial charge in [-0.05, 0) is 38.0 Å². The number of ether oxygens (including phenoxy) is 1. The summed E-state index contributed by atoms with van der Waals surface area (Å²) in [7, 11) is 1.38. The Balaban J connectivity index is 2.49. The summed E-state index contributed by atoms with van der Waals surface area (Å²) in [6.45, 7) is 2.44. The van der Waals surface area contributed by atoms with E-state index in [4.69, 9.17) is 16.3 Å². The fourth-order valence-electron chi connectivity index (χ4n) is 1.49. The predicted molar refractivity (Wildman–Crippen MR) is 69.8 cm³/mol. The summed E-state index contributed by atoms with van der Waals surface area (Å²) in [5.41, 5.74) is 0.284. The second-order valence-electron chi connectivity index (χ2n) is 4.03. The van der Waals surface area contributed by atoms with Crippen molar-refractivity contribution in [2.45, 2.75) is 25.1 Å². The Morgan fingerprint density at radius 3 is 2.83 bits per heavy atom. The molecule has 0 heterocycles. The first kappa shape index (κ1) is 14.8. The molecule has 1 unspecified atom stereocenters. The van der Waals surface area contributed by atoms with Gasteiger partial charge in [-0.2, -0.15) is 0 Å². The lowest BCUT2D eigenvalue weighted by molar-refractivity contribution is 0.0952. The highest BCUT2D eigenvalue weighted by atomic mass is 35.5. The molecule has 0 aliphatic heterocycles. The van der Waals surface area contributed by atoms with E-state index in [1.807, 2.05) is 6.92 Å². The van der Waals surface area contributed by atoms with Gasteiger partial charge in [-0.15, -0.1) is 11.6 Å². The zero-order valence-corrected chi connectivity index (χ0v) is 11.3.